The molecule has 0 spiro atoms. The van der Waals surface area contributed by atoms with E-state index in [9.17, 15) is 4.79 Å². The molecule has 0 radical (unpaired) electrons. The number of rotatable bonds is 4. The van der Waals surface area contributed by atoms with E-state index in [4.69, 9.17) is 26.3 Å². The average Bonchev–Trinajstić information content (AvgIpc) is 2.47. The van der Waals surface area contributed by atoms with Crippen molar-refractivity contribution in [1.82, 2.24) is 0 Å². The summed E-state index contributed by atoms with van der Waals surface area (Å²) in [5.74, 6) is 1.21. The minimum absolute atomic E-state index is 0.324. The molecule has 20 heavy (non-hydrogen) atoms. The van der Waals surface area contributed by atoms with Crippen molar-refractivity contribution in [3.8, 4) is 23.3 Å². The molecule has 0 aliphatic heterocycles. The van der Waals surface area contributed by atoms with E-state index in [1.54, 1.807) is 30.3 Å². The summed E-state index contributed by atoms with van der Waals surface area (Å²) in [6.07, 6.45) is 0.678. The van der Waals surface area contributed by atoms with Crippen LogP contribution in [0.25, 0.3) is 0 Å². The Balaban J connectivity index is 2.42. The van der Waals surface area contributed by atoms with Gasteiger partial charge in [-0.15, -0.1) is 0 Å². The fourth-order valence-corrected chi connectivity index (χ4v) is 1.80. The molecule has 0 aromatic heterocycles. The highest BCUT2D eigenvalue weighted by molar-refractivity contribution is 6.30. The van der Waals surface area contributed by atoms with Crippen LogP contribution in [0.3, 0.4) is 0 Å². The number of carbonyl (C=O) groups excluding carboxylic acids is 1. The lowest BCUT2D eigenvalue weighted by Crippen LogP contribution is -1.92. The highest BCUT2D eigenvalue weighted by Gasteiger charge is 2.08. The lowest BCUT2D eigenvalue weighted by Gasteiger charge is -2.10. The van der Waals surface area contributed by atoms with Gasteiger partial charge in [0, 0.05) is 17.2 Å². The molecule has 100 valence electrons. The number of hydrogen-bond donors (Lipinski definition) is 0. The molecular weight excluding hydrogens is 278 g/mol. The van der Waals surface area contributed by atoms with Crippen LogP contribution >= 0.6 is 11.6 Å². The van der Waals surface area contributed by atoms with Crippen LogP contribution in [0.4, 0.5) is 0 Å². The van der Waals surface area contributed by atoms with Crippen LogP contribution in [0.1, 0.15) is 15.9 Å². The molecule has 2 aromatic rings. The van der Waals surface area contributed by atoms with Crippen LogP contribution < -0.4 is 9.47 Å². The number of nitrogens with zero attached hydrogens (tertiary/aromatic N) is 1. The SMILES string of the molecule is COc1cc(C#N)cc(Oc2cc(Cl)ccc2C=O)c1. The molecule has 0 saturated carbocycles. The first-order valence-corrected chi connectivity index (χ1v) is 6.06. The van der Waals surface area contributed by atoms with Gasteiger partial charge >= 0.3 is 0 Å². The Morgan fingerprint density at radius 3 is 2.60 bits per heavy atom. The van der Waals surface area contributed by atoms with Crippen molar-refractivity contribution in [2.75, 3.05) is 7.11 Å². The molecule has 5 heteroatoms. The zero-order valence-corrected chi connectivity index (χ0v) is 11.3. The third-order valence-corrected chi connectivity index (χ3v) is 2.81. The van der Waals surface area contributed by atoms with Crippen LogP contribution in [0.15, 0.2) is 36.4 Å². The van der Waals surface area contributed by atoms with Gasteiger partial charge in [-0.2, -0.15) is 5.26 Å². The van der Waals surface area contributed by atoms with Gasteiger partial charge in [0.15, 0.2) is 6.29 Å². The Bertz CT molecular complexity index is 692. The number of aldehydes is 1. The number of ether oxygens (including phenoxy) is 2. The summed E-state index contributed by atoms with van der Waals surface area (Å²) in [6, 6.07) is 11.5. The maximum atomic E-state index is 11.0. The molecule has 0 unspecified atom stereocenters. The molecule has 0 aliphatic carbocycles. The fraction of sp³-hybridized carbons (Fsp3) is 0.0667. The van der Waals surface area contributed by atoms with Crippen LogP contribution in [0.5, 0.6) is 17.2 Å². The summed E-state index contributed by atoms with van der Waals surface area (Å²) in [6.45, 7) is 0. The molecule has 0 amide bonds. The zero-order chi connectivity index (χ0) is 14.5. The van der Waals surface area contributed by atoms with E-state index in [-0.39, 0.29) is 0 Å². The van der Waals surface area contributed by atoms with Crippen molar-refractivity contribution < 1.29 is 14.3 Å². The summed E-state index contributed by atoms with van der Waals surface area (Å²) in [7, 11) is 1.50. The van der Waals surface area contributed by atoms with Gasteiger partial charge in [-0.05, 0) is 24.3 Å². The van der Waals surface area contributed by atoms with Crippen LogP contribution in [0, 0.1) is 11.3 Å². The van der Waals surface area contributed by atoms with Crippen LogP contribution in [0.2, 0.25) is 5.02 Å². The summed E-state index contributed by atoms with van der Waals surface area (Å²) in [5, 5.41) is 9.41. The van der Waals surface area contributed by atoms with E-state index < -0.39 is 0 Å². The molecule has 0 heterocycles. The molecule has 2 rings (SSSR count). The number of hydrogen-bond acceptors (Lipinski definition) is 4. The second kappa shape index (κ2) is 6.09. The van der Waals surface area contributed by atoms with Gasteiger partial charge in [0.1, 0.15) is 17.2 Å². The lowest BCUT2D eigenvalue weighted by atomic mass is 10.2. The van der Waals surface area contributed by atoms with Crippen molar-refractivity contribution in [2.24, 2.45) is 0 Å². The predicted molar refractivity (Wildman–Crippen MR) is 74.6 cm³/mol. The maximum Gasteiger partial charge on any atom is 0.153 e. The monoisotopic (exact) mass is 287 g/mol. The van der Waals surface area contributed by atoms with Crippen molar-refractivity contribution >= 4 is 17.9 Å². The summed E-state index contributed by atoms with van der Waals surface area (Å²) < 4.78 is 10.7. The second-order valence-electron chi connectivity index (χ2n) is 3.91. The van der Waals surface area contributed by atoms with E-state index in [1.165, 1.54) is 13.2 Å². The smallest absolute Gasteiger partial charge is 0.153 e. The van der Waals surface area contributed by atoms with Gasteiger partial charge in [-0.25, -0.2) is 0 Å². The molecule has 0 bridgehead atoms. The van der Waals surface area contributed by atoms with Gasteiger partial charge in [-0.3, -0.25) is 4.79 Å². The standard InChI is InChI=1S/C15H10ClNO3/c1-19-13-4-10(8-17)5-14(7-13)20-15-6-12(16)3-2-11(15)9-18/h2-7,9H,1H3. The summed E-state index contributed by atoms with van der Waals surface area (Å²) >= 11 is 5.88. The van der Waals surface area contributed by atoms with E-state index in [0.29, 0.717) is 39.7 Å². The Kier molecular flexibility index (Phi) is 4.24. The molecule has 4 nitrogen and oxygen atoms in total. The third kappa shape index (κ3) is 3.08. The van der Waals surface area contributed by atoms with Gasteiger partial charge in [-0.1, -0.05) is 11.6 Å². The average molecular weight is 288 g/mol. The van der Waals surface area contributed by atoms with E-state index in [1.807, 2.05) is 6.07 Å². The highest BCUT2D eigenvalue weighted by Crippen LogP contribution is 2.30. The molecule has 0 aliphatic rings. The number of carbonyl (C=O) groups is 1. The predicted octanol–water partition coefficient (Wildman–Crippen LogP) is 3.83. The number of halogens is 1. The van der Waals surface area contributed by atoms with Crippen LogP contribution in [-0.4, -0.2) is 13.4 Å². The first-order valence-electron chi connectivity index (χ1n) is 5.68. The van der Waals surface area contributed by atoms with E-state index >= 15 is 0 Å². The third-order valence-electron chi connectivity index (χ3n) is 2.58. The van der Waals surface area contributed by atoms with Crippen molar-refractivity contribution in [3.63, 3.8) is 0 Å². The Labute approximate surface area is 121 Å². The van der Waals surface area contributed by atoms with E-state index in [2.05, 4.69) is 0 Å². The Morgan fingerprint density at radius 1 is 1.20 bits per heavy atom. The first kappa shape index (κ1) is 13.9. The highest BCUT2D eigenvalue weighted by atomic mass is 35.5. The molecule has 2 aromatic carbocycles. The van der Waals surface area contributed by atoms with Gasteiger partial charge in [0.25, 0.3) is 0 Å². The molecule has 0 atom stereocenters. The maximum absolute atomic E-state index is 11.0. The Hall–Kier alpha value is -2.51. The normalized spacial score (nSPS) is 9.65. The van der Waals surface area contributed by atoms with Gasteiger partial charge in [0.05, 0.1) is 24.3 Å². The number of benzene rings is 2. The minimum Gasteiger partial charge on any atom is -0.497 e. The number of nitriles is 1. The van der Waals surface area contributed by atoms with Crippen molar-refractivity contribution in [1.29, 1.82) is 5.26 Å². The summed E-state index contributed by atoms with van der Waals surface area (Å²) in [4.78, 5) is 11.0. The quantitative estimate of drug-likeness (QED) is 0.802. The topological polar surface area (TPSA) is 59.3 Å². The van der Waals surface area contributed by atoms with Crippen molar-refractivity contribution in [3.05, 3.63) is 52.5 Å². The second-order valence-corrected chi connectivity index (χ2v) is 4.35. The van der Waals surface area contributed by atoms with Gasteiger partial charge in [0.2, 0.25) is 0 Å². The molecule has 0 saturated heterocycles. The molecular formula is C15H10ClNO3. The molecule has 0 fully saturated rings. The lowest BCUT2D eigenvalue weighted by molar-refractivity contribution is 0.112. The Morgan fingerprint density at radius 2 is 1.95 bits per heavy atom. The van der Waals surface area contributed by atoms with Crippen molar-refractivity contribution in [2.45, 2.75) is 0 Å². The van der Waals surface area contributed by atoms with Gasteiger partial charge < -0.3 is 9.47 Å². The zero-order valence-electron chi connectivity index (χ0n) is 10.6. The summed E-state index contributed by atoms with van der Waals surface area (Å²) in [5.41, 5.74) is 0.768. The fourth-order valence-electron chi connectivity index (χ4n) is 1.63. The molecule has 0 N–H and O–H groups in total. The number of methoxy groups -OCH3 is 1. The first-order chi connectivity index (χ1) is 9.66. The van der Waals surface area contributed by atoms with E-state index in [0.717, 1.165) is 0 Å². The largest absolute Gasteiger partial charge is 0.497 e. The minimum atomic E-state index is 0.324. The van der Waals surface area contributed by atoms with Crippen LogP contribution in [-0.2, 0) is 0 Å².